The second-order valence-electron chi connectivity index (χ2n) is 3.97. The van der Waals surface area contributed by atoms with Gasteiger partial charge in [-0.15, -0.1) is 5.53 Å². The highest BCUT2D eigenvalue weighted by Crippen LogP contribution is 2.39. The van der Waals surface area contributed by atoms with E-state index >= 15 is 0 Å². The van der Waals surface area contributed by atoms with E-state index in [2.05, 4.69) is 33.8 Å². The van der Waals surface area contributed by atoms with Gasteiger partial charge in [0.1, 0.15) is 5.69 Å². The minimum Gasteiger partial charge on any atom is -0.227 e. The van der Waals surface area contributed by atoms with Crippen LogP contribution in [0.5, 0.6) is 0 Å². The molecular formula is C13H10N4. The number of anilines is 1. The quantitative estimate of drug-likeness (QED) is 0.304. The van der Waals surface area contributed by atoms with Gasteiger partial charge in [0.25, 0.3) is 0 Å². The van der Waals surface area contributed by atoms with Gasteiger partial charge in [0.05, 0.1) is 0 Å². The zero-order chi connectivity index (χ0) is 11.7. The summed E-state index contributed by atoms with van der Waals surface area (Å²) in [5.74, 6) is 0. The van der Waals surface area contributed by atoms with Crippen LogP contribution in [0.15, 0.2) is 47.7 Å². The van der Waals surface area contributed by atoms with Crippen LogP contribution in [-0.4, -0.2) is 0 Å². The Morgan fingerprint density at radius 3 is 2.76 bits per heavy atom. The number of nitrogens with one attached hydrogen (secondary N) is 1. The number of azide groups is 1. The molecule has 2 aromatic rings. The van der Waals surface area contributed by atoms with Crippen molar-refractivity contribution in [2.75, 3.05) is 5.43 Å². The molecule has 4 nitrogen and oxygen atoms in total. The molecule has 4 heteroatoms. The molecule has 0 heterocycles. The lowest BCUT2D eigenvalue weighted by molar-refractivity contribution is 1.22. The molecule has 1 aliphatic carbocycles. The van der Waals surface area contributed by atoms with Gasteiger partial charge in [-0.3, -0.25) is 0 Å². The number of hydrogen-bond acceptors (Lipinski definition) is 1. The molecule has 0 atom stereocenters. The van der Waals surface area contributed by atoms with Crippen LogP contribution in [0.25, 0.3) is 21.6 Å². The molecule has 0 saturated heterocycles. The lowest BCUT2D eigenvalue weighted by atomic mass is 10.1. The first-order valence-electron chi connectivity index (χ1n) is 5.40. The fraction of sp³-hybridized carbons (Fsp3) is 0.0769. The van der Waals surface area contributed by atoms with Crippen molar-refractivity contribution >= 4 is 5.69 Å². The van der Waals surface area contributed by atoms with Crippen molar-refractivity contribution in [3.8, 4) is 11.1 Å². The van der Waals surface area contributed by atoms with Gasteiger partial charge in [0.15, 0.2) is 0 Å². The third-order valence-corrected chi connectivity index (χ3v) is 3.07. The van der Waals surface area contributed by atoms with E-state index in [1.807, 2.05) is 24.3 Å². The highest BCUT2D eigenvalue weighted by Gasteiger charge is 2.21. The first kappa shape index (κ1) is 9.75. The summed E-state index contributed by atoms with van der Waals surface area (Å²) in [6.45, 7) is 0. The average molecular weight is 222 g/mol. The van der Waals surface area contributed by atoms with Crippen LogP contribution in [0.1, 0.15) is 11.1 Å². The second kappa shape index (κ2) is 3.85. The van der Waals surface area contributed by atoms with Gasteiger partial charge >= 0.3 is 0 Å². The van der Waals surface area contributed by atoms with Crippen LogP contribution < -0.4 is 5.43 Å². The summed E-state index contributed by atoms with van der Waals surface area (Å²) in [5, 5.41) is 3.41. The largest absolute Gasteiger partial charge is 0.227 e. The van der Waals surface area contributed by atoms with Crippen LogP contribution in [-0.2, 0) is 6.42 Å². The van der Waals surface area contributed by atoms with E-state index in [1.54, 1.807) is 0 Å². The molecule has 17 heavy (non-hydrogen) atoms. The maximum absolute atomic E-state index is 8.35. The molecular weight excluding hydrogens is 212 g/mol. The summed E-state index contributed by atoms with van der Waals surface area (Å²) in [5.41, 5.74) is 17.0. The molecule has 0 amide bonds. The minimum atomic E-state index is 0.885. The summed E-state index contributed by atoms with van der Waals surface area (Å²) < 4.78 is 0. The van der Waals surface area contributed by atoms with Crippen LogP contribution in [0.2, 0.25) is 0 Å². The summed E-state index contributed by atoms with van der Waals surface area (Å²) in [6, 6.07) is 14.3. The number of fused-ring (bicyclic) bond motifs is 3. The molecule has 3 rings (SSSR count). The lowest BCUT2D eigenvalue weighted by Crippen LogP contribution is -1.92. The Balaban J connectivity index is 2.13. The fourth-order valence-electron chi connectivity index (χ4n) is 2.34. The third kappa shape index (κ3) is 1.51. The highest BCUT2D eigenvalue weighted by atomic mass is 15.4. The van der Waals surface area contributed by atoms with Crippen molar-refractivity contribution in [3.63, 3.8) is 0 Å². The van der Waals surface area contributed by atoms with Gasteiger partial charge in [-0.2, -0.15) is 4.91 Å². The van der Waals surface area contributed by atoms with Crippen LogP contribution in [0.3, 0.4) is 0 Å². The molecule has 0 bridgehead atoms. The van der Waals surface area contributed by atoms with Crippen molar-refractivity contribution in [3.05, 3.63) is 64.0 Å². The third-order valence-electron chi connectivity index (χ3n) is 3.07. The molecule has 0 radical (unpaired) electrons. The van der Waals surface area contributed by atoms with Gasteiger partial charge in [-0.25, -0.2) is 5.43 Å². The van der Waals surface area contributed by atoms with E-state index in [0.29, 0.717) is 0 Å². The zero-order valence-electron chi connectivity index (χ0n) is 9.09. The van der Waals surface area contributed by atoms with E-state index in [1.165, 1.54) is 22.3 Å². The second-order valence-corrected chi connectivity index (χ2v) is 3.97. The Hall–Kier alpha value is -2.45. The summed E-state index contributed by atoms with van der Waals surface area (Å²) in [4.78, 5) is 2.72. The predicted molar refractivity (Wildman–Crippen MR) is 67.5 cm³/mol. The topological polar surface area (TPSA) is 60.8 Å². The van der Waals surface area contributed by atoms with Crippen molar-refractivity contribution in [1.82, 2.24) is 0 Å². The summed E-state index contributed by atoms with van der Waals surface area (Å²) in [6.07, 6.45) is 0.885. The molecule has 82 valence electrons. The van der Waals surface area contributed by atoms with Gasteiger partial charge in [-0.1, -0.05) is 36.4 Å². The molecule has 2 aromatic carbocycles. The lowest BCUT2D eigenvalue weighted by Gasteiger charge is -2.03. The molecule has 0 unspecified atom stereocenters. The number of hydrogen-bond donors (Lipinski definition) is 1. The SMILES string of the molecule is [N-]=[N+]=NNc1cccc2c1Cc1ccccc1-2. The molecule has 0 fully saturated rings. The predicted octanol–water partition coefficient (Wildman–Crippen LogP) is 3.90. The fourth-order valence-corrected chi connectivity index (χ4v) is 2.34. The average Bonchev–Trinajstić information content (AvgIpc) is 2.75. The van der Waals surface area contributed by atoms with Gasteiger partial charge in [-0.05, 0) is 28.0 Å². The minimum absolute atomic E-state index is 0.885. The van der Waals surface area contributed by atoms with Crippen molar-refractivity contribution in [2.45, 2.75) is 6.42 Å². The number of rotatable bonds is 2. The number of nitrogens with zero attached hydrogens (tertiary/aromatic N) is 3. The molecule has 1 N–H and O–H groups in total. The van der Waals surface area contributed by atoms with E-state index in [0.717, 1.165) is 12.1 Å². The molecule has 0 aromatic heterocycles. The van der Waals surface area contributed by atoms with Crippen molar-refractivity contribution < 1.29 is 0 Å². The first-order chi connectivity index (χ1) is 8.40. The molecule has 0 aliphatic heterocycles. The van der Waals surface area contributed by atoms with Crippen molar-refractivity contribution in [2.24, 2.45) is 5.22 Å². The first-order valence-corrected chi connectivity index (χ1v) is 5.40. The van der Waals surface area contributed by atoms with Crippen LogP contribution in [0, 0.1) is 0 Å². The van der Waals surface area contributed by atoms with Crippen molar-refractivity contribution in [1.29, 1.82) is 0 Å². The van der Waals surface area contributed by atoms with Gasteiger partial charge in [0.2, 0.25) is 0 Å². The van der Waals surface area contributed by atoms with E-state index < -0.39 is 0 Å². The van der Waals surface area contributed by atoms with Crippen LogP contribution >= 0.6 is 0 Å². The monoisotopic (exact) mass is 222 g/mol. The highest BCUT2D eigenvalue weighted by molar-refractivity contribution is 5.81. The summed E-state index contributed by atoms with van der Waals surface area (Å²) >= 11 is 0. The summed E-state index contributed by atoms with van der Waals surface area (Å²) in [7, 11) is 0. The Labute approximate surface area is 98.5 Å². The van der Waals surface area contributed by atoms with E-state index in [9.17, 15) is 0 Å². The maximum atomic E-state index is 8.35. The zero-order valence-corrected chi connectivity index (χ0v) is 9.09. The Morgan fingerprint density at radius 2 is 1.88 bits per heavy atom. The normalized spacial score (nSPS) is 11.3. The standard InChI is InChI=1S/C13H10N4/c14-16-17-15-13-7-3-6-11-10-5-2-1-4-9(10)8-12(11)13/h1-7,15H,8H2. The van der Waals surface area contributed by atoms with Gasteiger partial charge < -0.3 is 0 Å². The Kier molecular flexibility index (Phi) is 2.21. The molecule has 1 aliphatic rings. The number of benzene rings is 2. The molecule has 0 spiro atoms. The van der Waals surface area contributed by atoms with Crippen LogP contribution in [0.4, 0.5) is 5.69 Å². The maximum Gasteiger partial charge on any atom is 0.132 e. The smallest absolute Gasteiger partial charge is 0.132 e. The van der Waals surface area contributed by atoms with E-state index in [4.69, 9.17) is 5.53 Å². The Bertz CT molecular complexity index is 627. The molecule has 0 saturated carbocycles. The van der Waals surface area contributed by atoms with E-state index in [-0.39, 0.29) is 0 Å². The van der Waals surface area contributed by atoms with Gasteiger partial charge in [0, 0.05) is 12.0 Å². The Morgan fingerprint density at radius 1 is 1.06 bits per heavy atom.